The summed E-state index contributed by atoms with van der Waals surface area (Å²) in [6.45, 7) is 6.14. The van der Waals surface area contributed by atoms with Crippen molar-refractivity contribution in [3.05, 3.63) is 35.2 Å². The third-order valence-corrected chi connectivity index (χ3v) is 4.87. The van der Waals surface area contributed by atoms with Crippen molar-refractivity contribution in [1.82, 2.24) is 9.88 Å². The van der Waals surface area contributed by atoms with Gasteiger partial charge >= 0.3 is 5.97 Å². The number of ether oxygens (including phenoxy) is 1. The third-order valence-electron chi connectivity index (χ3n) is 4.87. The number of oxazole rings is 1. The number of hydrogen-bond acceptors (Lipinski definition) is 5. The van der Waals surface area contributed by atoms with Crippen molar-refractivity contribution in [3.63, 3.8) is 0 Å². The summed E-state index contributed by atoms with van der Waals surface area (Å²) >= 11 is 0. The molecular weight excluding hydrogens is 320 g/mol. The zero-order chi connectivity index (χ0) is 18.0. The van der Waals surface area contributed by atoms with Crippen molar-refractivity contribution in [2.75, 3.05) is 20.2 Å². The van der Waals surface area contributed by atoms with Gasteiger partial charge in [0.05, 0.1) is 24.3 Å². The Labute approximate surface area is 147 Å². The zero-order valence-corrected chi connectivity index (χ0v) is 14.9. The van der Waals surface area contributed by atoms with Crippen LogP contribution in [0.25, 0.3) is 11.5 Å². The minimum atomic E-state index is -0.689. The van der Waals surface area contributed by atoms with Gasteiger partial charge in [-0.3, -0.25) is 9.69 Å². The second-order valence-electron chi connectivity index (χ2n) is 6.56. The Morgan fingerprint density at radius 3 is 2.72 bits per heavy atom. The summed E-state index contributed by atoms with van der Waals surface area (Å²) < 4.78 is 11.4. The van der Waals surface area contributed by atoms with Crippen molar-refractivity contribution in [2.45, 2.75) is 33.2 Å². The van der Waals surface area contributed by atoms with E-state index in [1.165, 1.54) is 0 Å². The minimum absolute atomic E-state index is 0.221. The molecule has 2 heterocycles. The maximum atomic E-state index is 11.1. The van der Waals surface area contributed by atoms with E-state index in [4.69, 9.17) is 19.2 Å². The number of carbonyl (C=O) groups is 1. The number of likely N-dealkylation sites (tertiary alicyclic amines) is 1. The number of aliphatic carboxylic acids is 1. The van der Waals surface area contributed by atoms with E-state index in [9.17, 15) is 4.79 Å². The minimum Gasteiger partial charge on any atom is -0.496 e. The number of hydrogen-bond donors (Lipinski definition) is 1. The molecule has 1 saturated heterocycles. The maximum Gasteiger partial charge on any atom is 0.306 e. The van der Waals surface area contributed by atoms with Gasteiger partial charge in [-0.2, -0.15) is 0 Å². The van der Waals surface area contributed by atoms with Crippen LogP contribution in [0, 0.1) is 19.8 Å². The Morgan fingerprint density at radius 1 is 1.36 bits per heavy atom. The predicted octanol–water partition coefficient (Wildman–Crippen LogP) is 3.26. The van der Waals surface area contributed by atoms with Crippen LogP contribution in [0.2, 0.25) is 0 Å². The highest BCUT2D eigenvalue weighted by molar-refractivity contribution is 5.70. The monoisotopic (exact) mass is 344 g/mol. The lowest BCUT2D eigenvalue weighted by Gasteiger charge is -2.29. The Morgan fingerprint density at radius 2 is 2.08 bits per heavy atom. The number of aryl methyl sites for hydroxylation is 2. The summed E-state index contributed by atoms with van der Waals surface area (Å²) in [5.41, 5.74) is 2.83. The SMILES string of the molecule is COc1cccc(C)c1-c1nc(CN2CCC(C(=O)O)CC2)c(C)o1. The molecule has 1 aromatic carbocycles. The van der Waals surface area contributed by atoms with Crippen molar-refractivity contribution in [3.8, 4) is 17.2 Å². The molecule has 2 aromatic rings. The molecule has 3 rings (SSSR count). The smallest absolute Gasteiger partial charge is 0.306 e. The molecular formula is C19H24N2O4. The van der Waals surface area contributed by atoms with Gasteiger partial charge in [-0.05, 0) is 51.4 Å². The molecule has 6 heteroatoms. The van der Waals surface area contributed by atoms with Crippen LogP contribution < -0.4 is 4.74 Å². The van der Waals surface area contributed by atoms with Gasteiger partial charge in [0.25, 0.3) is 0 Å². The van der Waals surface area contributed by atoms with Gasteiger partial charge in [0.1, 0.15) is 11.5 Å². The summed E-state index contributed by atoms with van der Waals surface area (Å²) in [6, 6.07) is 5.85. The van der Waals surface area contributed by atoms with Crippen LogP contribution >= 0.6 is 0 Å². The van der Waals surface area contributed by atoms with Crippen molar-refractivity contribution in [1.29, 1.82) is 0 Å². The van der Waals surface area contributed by atoms with Gasteiger partial charge in [0, 0.05) is 6.54 Å². The fourth-order valence-electron chi connectivity index (χ4n) is 3.32. The molecule has 25 heavy (non-hydrogen) atoms. The van der Waals surface area contributed by atoms with Crippen molar-refractivity contribution < 1.29 is 19.1 Å². The van der Waals surface area contributed by atoms with E-state index in [0.717, 1.165) is 41.4 Å². The van der Waals surface area contributed by atoms with Crippen LogP contribution in [0.3, 0.4) is 0 Å². The van der Waals surface area contributed by atoms with Gasteiger partial charge in [-0.25, -0.2) is 4.98 Å². The van der Waals surface area contributed by atoms with Crippen LogP contribution in [-0.4, -0.2) is 41.2 Å². The van der Waals surface area contributed by atoms with Crippen molar-refractivity contribution >= 4 is 5.97 Å². The average Bonchev–Trinajstić information content (AvgIpc) is 2.95. The number of methoxy groups -OCH3 is 1. The largest absolute Gasteiger partial charge is 0.496 e. The molecule has 0 unspecified atom stereocenters. The maximum absolute atomic E-state index is 11.1. The number of aromatic nitrogens is 1. The Hall–Kier alpha value is -2.34. The summed E-state index contributed by atoms with van der Waals surface area (Å²) in [6.07, 6.45) is 1.37. The molecule has 0 bridgehead atoms. The van der Waals surface area contributed by atoms with E-state index in [2.05, 4.69) is 4.90 Å². The molecule has 6 nitrogen and oxygen atoms in total. The first-order chi connectivity index (χ1) is 12.0. The van der Waals surface area contributed by atoms with E-state index in [1.807, 2.05) is 32.0 Å². The van der Waals surface area contributed by atoms with Gasteiger partial charge in [-0.15, -0.1) is 0 Å². The summed E-state index contributed by atoms with van der Waals surface area (Å²) in [5, 5.41) is 9.11. The fraction of sp³-hybridized carbons (Fsp3) is 0.474. The van der Waals surface area contributed by atoms with E-state index in [1.54, 1.807) is 7.11 Å². The molecule has 0 saturated carbocycles. The number of rotatable bonds is 5. The molecule has 134 valence electrons. The van der Waals surface area contributed by atoms with E-state index >= 15 is 0 Å². The molecule has 1 aliphatic heterocycles. The van der Waals surface area contributed by atoms with Crippen LogP contribution in [-0.2, 0) is 11.3 Å². The second kappa shape index (κ2) is 7.27. The van der Waals surface area contributed by atoms with Crippen LogP contribution in [0.1, 0.15) is 29.9 Å². The van der Waals surface area contributed by atoms with E-state index in [0.29, 0.717) is 25.3 Å². The molecule has 0 amide bonds. The summed E-state index contributed by atoms with van der Waals surface area (Å²) in [5.74, 6) is 1.20. The Kier molecular flexibility index (Phi) is 5.08. The molecule has 1 N–H and O–H groups in total. The molecule has 0 radical (unpaired) electrons. The van der Waals surface area contributed by atoms with Crippen molar-refractivity contribution in [2.24, 2.45) is 5.92 Å². The Balaban J connectivity index is 1.77. The normalized spacial score (nSPS) is 16.1. The van der Waals surface area contributed by atoms with Crippen LogP contribution in [0.15, 0.2) is 22.6 Å². The van der Waals surface area contributed by atoms with E-state index < -0.39 is 5.97 Å². The third kappa shape index (κ3) is 3.69. The predicted molar refractivity (Wildman–Crippen MR) is 93.6 cm³/mol. The van der Waals surface area contributed by atoms with Crippen LogP contribution in [0.4, 0.5) is 0 Å². The number of piperidine rings is 1. The number of nitrogens with zero attached hydrogens (tertiary/aromatic N) is 2. The zero-order valence-electron chi connectivity index (χ0n) is 14.9. The molecule has 0 atom stereocenters. The Bertz CT molecular complexity index is 761. The average molecular weight is 344 g/mol. The number of benzene rings is 1. The van der Waals surface area contributed by atoms with Crippen LogP contribution in [0.5, 0.6) is 5.75 Å². The first-order valence-corrected chi connectivity index (χ1v) is 8.55. The molecule has 1 fully saturated rings. The lowest BCUT2D eigenvalue weighted by Crippen LogP contribution is -2.36. The molecule has 0 aliphatic carbocycles. The van der Waals surface area contributed by atoms with Gasteiger partial charge < -0.3 is 14.3 Å². The van der Waals surface area contributed by atoms with E-state index in [-0.39, 0.29) is 5.92 Å². The highest BCUT2D eigenvalue weighted by atomic mass is 16.5. The highest BCUT2D eigenvalue weighted by Crippen LogP contribution is 2.33. The summed E-state index contributed by atoms with van der Waals surface area (Å²) in [4.78, 5) is 18.0. The second-order valence-corrected chi connectivity index (χ2v) is 6.56. The number of carboxylic acid groups (broad SMARTS) is 1. The molecule has 0 spiro atoms. The fourth-order valence-corrected chi connectivity index (χ4v) is 3.32. The van der Waals surface area contributed by atoms with Gasteiger partial charge in [0.15, 0.2) is 0 Å². The van der Waals surface area contributed by atoms with Gasteiger partial charge in [-0.1, -0.05) is 12.1 Å². The lowest BCUT2D eigenvalue weighted by atomic mass is 9.97. The van der Waals surface area contributed by atoms with Gasteiger partial charge in [0.2, 0.25) is 5.89 Å². The standard InChI is InChI=1S/C19H24N2O4/c1-12-5-4-6-16(24-3)17(12)18-20-15(13(2)25-18)11-21-9-7-14(8-10-21)19(22)23/h4-6,14H,7-11H2,1-3H3,(H,22,23). The lowest BCUT2D eigenvalue weighted by molar-refractivity contribution is -0.143. The summed E-state index contributed by atoms with van der Waals surface area (Å²) in [7, 11) is 1.64. The topological polar surface area (TPSA) is 75.8 Å². The number of carboxylic acids is 1. The first kappa shape index (κ1) is 17.5. The molecule has 1 aliphatic rings. The highest BCUT2D eigenvalue weighted by Gasteiger charge is 2.26. The first-order valence-electron chi connectivity index (χ1n) is 8.55. The quantitative estimate of drug-likeness (QED) is 0.897. The molecule has 1 aromatic heterocycles.